The molecule has 1 unspecified atom stereocenters. The van der Waals surface area contributed by atoms with Gasteiger partial charge in [-0.3, -0.25) is 14.2 Å². The largest absolute Gasteiger partial charge is 0.465 e. The summed E-state index contributed by atoms with van der Waals surface area (Å²) < 4.78 is 28.0. The molecular weight excluding hydrogens is 319 g/mol. The number of carbonyl (C=O) groups is 2. The molecule has 1 rings (SSSR count). The lowest BCUT2D eigenvalue weighted by Gasteiger charge is -2.21. The average molecular weight is 342 g/mol. The van der Waals surface area contributed by atoms with Gasteiger partial charge in [-0.15, -0.1) is 0 Å². The van der Waals surface area contributed by atoms with E-state index in [1.807, 2.05) is 0 Å². The third-order valence-electron chi connectivity index (χ3n) is 3.00. The summed E-state index contributed by atoms with van der Waals surface area (Å²) >= 11 is 0. The Labute approximate surface area is 136 Å². The number of benzene rings is 1. The van der Waals surface area contributed by atoms with Gasteiger partial charge in [0.15, 0.2) is 5.78 Å². The molecular formula is C16H23O6P. The zero-order valence-corrected chi connectivity index (χ0v) is 14.6. The highest BCUT2D eigenvalue weighted by Gasteiger charge is 2.38. The summed E-state index contributed by atoms with van der Waals surface area (Å²) in [6.45, 7) is 5.43. The maximum atomic E-state index is 12.7. The van der Waals surface area contributed by atoms with Crippen molar-refractivity contribution in [1.29, 1.82) is 0 Å². The van der Waals surface area contributed by atoms with Crippen LogP contribution in [0.2, 0.25) is 0 Å². The third-order valence-corrected chi connectivity index (χ3v) is 5.12. The van der Waals surface area contributed by atoms with Gasteiger partial charge in [-0.05, 0) is 20.8 Å². The Bertz CT molecular complexity index is 547. The van der Waals surface area contributed by atoms with E-state index in [-0.39, 0.29) is 26.0 Å². The number of ketones is 1. The van der Waals surface area contributed by atoms with E-state index in [0.717, 1.165) is 0 Å². The molecule has 0 aliphatic rings. The summed E-state index contributed by atoms with van der Waals surface area (Å²) in [6.07, 6.45) is -0.332. The molecule has 0 spiro atoms. The smallest absolute Gasteiger partial charge is 0.331 e. The van der Waals surface area contributed by atoms with Crippen LogP contribution in [0.25, 0.3) is 0 Å². The SMILES string of the molecule is CCOC(=O)C(CP(=O)(OCC)OCC)C(=O)c1ccccc1. The first-order chi connectivity index (χ1) is 11.0. The van der Waals surface area contributed by atoms with E-state index in [9.17, 15) is 14.2 Å². The fraction of sp³-hybridized carbons (Fsp3) is 0.500. The van der Waals surface area contributed by atoms with Crippen molar-refractivity contribution in [2.24, 2.45) is 5.92 Å². The second kappa shape index (κ2) is 9.60. The Morgan fingerprint density at radius 1 is 1.00 bits per heavy atom. The predicted molar refractivity (Wildman–Crippen MR) is 86.6 cm³/mol. The summed E-state index contributed by atoms with van der Waals surface area (Å²) in [5.41, 5.74) is 0.352. The van der Waals surface area contributed by atoms with Gasteiger partial charge in [0.1, 0.15) is 5.92 Å². The standard InChI is InChI=1S/C16H23O6P/c1-4-20-16(18)14(12-23(19,21-5-2)22-6-3)15(17)13-10-8-7-9-11-13/h7-11,14H,4-6,12H2,1-3H3. The van der Waals surface area contributed by atoms with Crippen molar-refractivity contribution in [3.8, 4) is 0 Å². The lowest BCUT2D eigenvalue weighted by Crippen LogP contribution is -2.30. The second-order valence-electron chi connectivity index (χ2n) is 4.66. The summed E-state index contributed by atoms with van der Waals surface area (Å²) in [5.74, 6) is -2.40. The molecule has 6 nitrogen and oxygen atoms in total. The van der Waals surface area contributed by atoms with Gasteiger partial charge < -0.3 is 13.8 Å². The van der Waals surface area contributed by atoms with Crippen molar-refractivity contribution in [3.63, 3.8) is 0 Å². The molecule has 0 fully saturated rings. The van der Waals surface area contributed by atoms with Gasteiger partial charge in [0.2, 0.25) is 0 Å². The van der Waals surface area contributed by atoms with Crippen LogP contribution in [0.4, 0.5) is 0 Å². The molecule has 0 saturated carbocycles. The Kier molecular flexibility index (Phi) is 8.17. The number of hydrogen-bond donors (Lipinski definition) is 0. The topological polar surface area (TPSA) is 78.9 Å². The monoisotopic (exact) mass is 342 g/mol. The van der Waals surface area contributed by atoms with Gasteiger partial charge in [0, 0.05) is 5.56 Å². The van der Waals surface area contributed by atoms with E-state index >= 15 is 0 Å². The van der Waals surface area contributed by atoms with Crippen molar-refractivity contribution in [1.82, 2.24) is 0 Å². The summed E-state index contributed by atoms with van der Waals surface area (Å²) in [7, 11) is -3.55. The van der Waals surface area contributed by atoms with Crippen LogP contribution < -0.4 is 0 Å². The van der Waals surface area contributed by atoms with Gasteiger partial charge in [0.25, 0.3) is 0 Å². The third kappa shape index (κ3) is 5.90. The van der Waals surface area contributed by atoms with E-state index in [1.165, 1.54) is 0 Å². The Morgan fingerprint density at radius 2 is 1.57 bits per heavy atom. The molecule has 1 aromatic rings. The molecule has 0 radical (unpaired) electrons. The van der Waals surface area contributed by atoms with Crippen LogP contribution in [0.5, 0.6) is 0 Å². The van der Waals surface area contributed by atoms with Crippen molar-refractivity contribution >= 4 is 19.3 Å². The molecule has 1 aromatic carbocycles. The molecule has 0 amide bonds. The van der Waals surface area contributed by atoms with Crippen LogP contribution in [0.15, 0.2) is 30.3 Å². The van der Waals surface area contributed by atoms with Gasteiger partial charge in [-0.25, -0.2) is 0 Å². The van der Waals surface area contributed by atoms with Crippen molar-refractivity contribution < 1.29 is 27.9 Å². The zero-order chi connectivity index (χ0) is 17.3. The molecule has 7 heteroatoms. The zero-order valence-electron chi connectivity index (χ0n) is 13.7. The molecule has 0 bridgehead atoms. The van der Waals surface area contributed by atoms with E-state index in [0.29, 0.717) is 5.56 Å². The number of rotatable bonds is 10. The number of ether oxygens (including phenoxy) is 1. The summed E-state index contributed by atoms with van der Waals surface area (Å²) in [4.78, 5) is 24.8. The molecule has 0 aliphatic heterocycles. The first-order valence-electron chi connectivity index (χ1n) is 7.61. The van der Waals surface area contributed by atoms with Gasteiger partial charge >= 0.3 is 13.6 Å². The minimum absolute atomic E-state index is 0.130. The lowest BCUT2D eigenvalue weighted by molar-refractivity contribution is -0.145. The van der Waals surface area contributed by atoms with Crippen LogP contribution in [-0.4, -0.2) is 37.7 Å². The highest BCUT2D eigenvalue weighted by atomic mass is 31.2. The first-order valence-corrected chi connectivity index (χ1v) is 9.34. The van der Waals surface area contributed by atoms with Crippen molar-refractivity contribution in [2.45, 2.75) is 20.8 Å². The molecule has 0 heterocycles. The quantitative estimate of drug-likeness (QED) is 0.281. The maximum Gasteiger partial charge on any atom is 0.331 e. The molecule has 23 heavy (non-hydrogen) atoms. The van der Waals surface area contributed by atoms with Crippen LogP contribution >= 0.6 is 7.60 Å². The van der Waals surface area contributed by atoms with Crippen LogP contribution in [0, 0.1) is 5.92 Å². The van der Waals surface area contributed by atoms with Gasteiger partial charge in [-0.2, -0.15) is 0 Å². The van der Waals surface area contributed by atoms with Crippen molar-refractivity contribution in [2.75, 3.05) is 26.0 Å². The predicted octanol–water partition coefficient (Wildman–Crippen LogP) is 3.31. The molecule has 0 aromatic heterocycles. The van der Waals surface area contributed by atoms with Crippen molar-refractivity contribution in [3.05, 3.63) is 35.9 Å². The normalized spacial score (nSPS) is 12.7. The summed E-state index contributed by atoms with van der Waals surface area (Å²) in [5, 5.41) is 0. The number of esters is 1. The minimum atomic E-state index is -3.55. The Balaban J connectivity index is 3.07. The number of Topliss-reactive ketones (excluding diaryl/α,β-unsaturated/α-hetero) is 1. The first kappa shape index (κ1) is 19.6. The summed E-state index contributed by atoms with van der Waals surface area (Å²) in [6, 6.07) is 8.35. The molecule has 0 N–H and O–H groups in total. The Morgan fingerprint density at radius 3 is 2.04 bits per heavy atom. The molecule has 1 atom stereocenters. The number of carbonyl (C=O) groups excluding carboxylic acids is 2. The highest BCUT2D eigenvalue weighted by molar-refractivity contribution is 7.53. The molecule has 0 aliphatic carbocycles. The van der Waals surface area contributed by atoms with E-state index in [2.05, 4.69) is 0 Å². The number of hydrogen-bond acceptors (Lipinski definition) is 6. The Hall–Kier alpha value is -1.49. The molecule has 128 valence electrons. The van der Waals surface area contributed by atoms with Gasteiger partial charge in [0.05, 0.1) is 26.0 Å². The minimum Gasteiger partial charge on any atom is -0.465 e. The van der Waals surface area contributed by atoms with Crippen LogP contribution in [-0.2, 0) is 23.1 Å². The average Bonchev–Trinajstić information content (AvgIpc) is 2.53. The van der Waals surface area contributed by atoms with Crippen LogP contribution in [0.3, 0.4) is 0 Å². The van der Waals surface area contributed by atoms with E-state index < -0.39 is 25.3 Å². The fourth-order valence-electron chi connectivity index (χ4n) is 2.07. The lowest BCUT2D eigenvalue weighted by atomic mass is 9.99. The van der Waals surface area contributed by atoms with Gasteiger partial charge in [-0.1, -0.05) is 30.3 Å². The van der Waals surface area contributed by atoms with Crippen LogP contribution in [0.1, 0.15) is 31.1 Å². The van der Waals surface area contributed by atoms with E-state index in [1.54, 1.807) is 51.1 Å². The second-order valence-corrected chi connectivity index (χ2v) is 6.77. The highest BCUT2D eigenvalue weighted by Crippen LogP contribution is 2.50. The molecule has 0 saturated heterocycles. The fourth-order valence-corrected chi connectivity index (χ4v) is 3.90. The maximum absolute atomic E-state index is 12.7. The van der Waals surface area contributed by atoms with E-state index in [4.69, 9.17) is 13.8 Å².